The van der Waals surface area contributed by atoms with E-state index in [1.165, 1.54) is 23.4 Å². The summed E-state index contributed by atoms with van der Waals surface area (Å²) in [5.41, 5.74) is 5.17. The summed E-state index contributed by atoms with van der Waals surface area (Å²) in [5, 5.41) is 0. The normalized spacial score (nSPS) is 17.5. The van der Waals surface area contributed by atoms with E-state index in [4.69, 9.17) is 5.73 Å². The average Bonchev–Trinajstić information content (AvgIpc) is 2.68. The SMILES string of the molecule is CC(=O)N1CCCN(S(=O)(=O)c2cccc(F)c2N)CC1. The van der Waals surface area contributed by atoms with Gasteiger partial charge in [0, 0.05) is 33.1 Å². The minimum absolute atomic E-state index is 0.0838. The molecule has 6 nitrogen and oxygen atoms in total. The second-order valence-electron chi connectivity index (χ2n) is 4.92. The molecule has 0 saturated carbocycles. The highest BCUT2D eigenvalue weighted by molar-refractivity contribution is 7.89. The van der Waals surface area contributed by atoms with Crippen molar-refractivity contribution < 1.29 is 17.6 Å². The van der Waals surface area contributed by atoms with E-state index in [0.29, 0.717) is 19.5 Å². The van der Waals surface area contributed by atoms with Crippen molar-refractivity contribution in [2.24, 2.45) is 0 Å². The smallest absolute Gasteiger partial charge is 0.245 e. The van der Waals surface area contributed by atoms with E-state index in [-0.39, 0.29) is 29.6 Å². The zero-order chi connectivity index (χ0) is 15.6. The monoisotopic (exact) mass is 315 g/mol. The Hall–Kier alpha value is -1.67. The topological polar surface area (TPSA) is 83.7 Å². The lowest BCUT2D eigenvalue weighted by atomic mass is 10.3. The lowest BCUT2D eigenvalue weighted by molar-refractivity contribution is -0.128. The Balaban J connectivity index is 2.28. The molecule has 116 valence electrons. The highest BCUT2D eigenvalue weighted by Gasteiger charge is 2.29. The third-order valence-electron chi connectivity index (χ3n) is 3.53. The van der Waals surface area contributed by atoms with Crippen LogP contribution in [0, 0.1) is 5.82 Å². The summed E-state index contributed by atoms with van der Waals surface area (Å²) < 4.78 is 39.8. The van der Waals surface area contributed by atoms with Gasteiger partial charge in [0.1, 0.15) is 10.7 Å². The first kappa shape index (κ1) is 15.7. The molecule has 0 unspecified atom stereocenters. The van der Waals surface area contributed by atoms with Crippen LogP contribution in [0.15, 0.2) is 23.1 Å². The molecule has 0 radical (unpaired) electrons. The summed E-state index contributed by atoms with van der Waals surface area (Å²) >= 11 is 0. The molecule has 0 bridgehead atoms. The van der Waals surface area contributed by atoms with Crippen LogP contribution < -0.4 is 5.73 Å². The Morgan fingerprint density at radius 3 is 2.62 bits per heavy atom. The zero-order valence-electron chi connectivity index (χ0n) is 11.8. The predicted molar refractivity (Wildman–Crippen MR) is 76.4 cm³/mol. The number of hydrogen-bond donors (Lipinski definition) is 1. The van der Waals surface area contributed by atoms with E-state index in [1.807, 2.05) is 0 Å². The molecule has 1 aliphatic rings. The van der Waals surface area contributed by atoms with Crippen molar-refractivity contribution in [1.82, 2.24) is 9.21 Å². The first-order valence-corrected chi connectivity index (χ1v) is 8.07. The van der Waals surface area contributed by atoms with Gasteiger partial charge in [0.2, 0.25) is 15.9 Å². The quantitative estimate of drug-likeness (QED) is 0.812. The maximum absolute atomic E-state index is 13.5. The third kappa shape index (κ3) is 3.16. The highest BCUT2D eigenvalue weighted by atomic mass is 32.2. The van der Waals surface area contributed by atoms with Crippen molar-refractivity contribution in [3.05, 3.63) is 24.0 Å². The predicted octanol–water partition coefficient (Wildman–Crippen LogP) is 0.651. The van der Waals surface area contributed by atoms with Crippen LogP contribution >= 0.6 is 0 Å². The van der Waals surface area contributed by atoms with E-state index in [0.717, 1.165) is 6.07 Å². The fraction of sp³-hybridized carbons (Fsp3) is 0.462. The number of rotatable bonds is 2. The molecule has 1 fully saturated rings. The number of anilines is 1. The fourth-order valence-corrected chi connectivity index (χ4v) is 3.93. The molecule has 0 aliphatic carbocycles. The highest BCUT2D eigenvalue weighted by Crippen LogP contribution is 2.25. The van der Waals surface area contributed by atoms with Crippen LogP contribution in [0.4, 0.5) is 10.1 Å². The minimum atomic E-state index is -3.86. The third-order valence-corrected chi connectivity index (χ3v) is 5.49. The summed E-state index contributed by atoms with van der Waals surface area (Å²) in [4.78, 5) is 12.7. The van der Waals surface area contributed by atoms with Crippen LogP contribution in [0.25, 0.3) is 0 Å². The van der Waals surface area contributed by atoms with E-state index < -0.39 is 15.8 Å². The Morgan fingerprint density at radius 1 is 1.24 bits per heavy atom. The number of sulfonamides is 1. The minimum Gasteiger partial charge on any atom is -0.395 e. The molecule has 0 aromatic heterocycles. The lowest BCUT2D eigenvalue weighted by Crippen LogP contribution is -2.36. The molecule has 8 heteroatoms. The van der Waals surface area contributed by atoms with Crippen molar-refractivity contribution in [3.63, 3.8) is 0 Å². The van der Waals surface area contributed by atoms with Gasteiger partial charge in [-0.15, -0.1) is 0 Å². The van der Waals surface area contributed by atoms with Crippen LogP contribution in [0.1, 0.15) is 13.3 Å². The van der Waals surface area contributed by atoms with E-state index in [1.54, 1.807) is 4.90 Å². The Morgan fingerprint density at radius 2 is 1.95 bits per heavy atom. The van der Waals surface area contributed by atoms with Gasteiger partial charge in [-0.2, -0.15) is 4.31 Å². The van der Waals surface area contributed by atoms with Crippen LogP contribution in [-0.2, 0) is 14.8 Å². The van der Waals surface area contributed by atoms with E-state index in [2.05, 4.69) is 0 Å². The maximum Gasteiger partial charge on any atom is 0.245 e. The molecular formula is C13H18FN3O3S. The molecule has 0 atom stereocenters. The number of amides is 1. The number of carbonyl (C=O) groups excluding carboxylic acids is 1. The largest absolute Gasteiger partial charge is 0.395 e. The van der Waals surface area contributed by atoms with Crippen molar-refractivity contribution >= 4 is 21.6 Å². The van der Waals surface area contributed by atoms with Crippen LogP contribution in [-0.4, -0.2) is 49.7 Å². The molecule has 1 saturated heterocycles. The number of carbonyl (C=O) groups is 1. The van der Waals surface area contributed by atoms with Crippen molar-refractivity contribution in [2.45, 2.75) is 18.2 Å². The Bertz CT molecular complexity index is 648. The first-order chi connectivity index (χ1) is 9.84. The number of hydrogen-bond acceptors (Lipinski definition) is 4. The summed E-state index contributed by atoms with van der Waals surface area (Å²) in [6.45, 7) is 2.75. The van der Waals surface area contributed by atoms with E-state index in [9.17, 15) is 17.6 Å². The van der Waals surface area contributed by atoms with Crippen molar-refractivity contribution in [3.8, 4) is 0 Å². The summed E-state index contributed by atoms with van der Waals surface area (Å²) in [5.74, 6) is -0.837. The molecule has 0 spiro atoms. The summed E-state index contributed by atoms with van der Waals surface area (Å²) in [7, 11) is -3.86. The number of halogens is 1. The fourth-order valence-electron chi connectivity index (χ4n) is 2.33. The molecule has 1 aromatic carbocycles. The van der Waals surface area contributed by atoms with Gasteiger partial charge in [-0.25, -0.2) is 12.8 Å². The molecule has 1 aliphatic heterocycles. The van der Waals surface area contributed by atoms with Crippen molar-refractivity contribution in [1.29, 1.82) is 0 Å². The number of benzene rings is 1. The van der Waals surface area contributed by atoms with Crippen LogP contribution in [0.3, 0.4) is 0 Å². The summed E-state index contributed by atoms with van der Waals surface area (Å²) in [6, 6.07) is 3.73. The number of nitrogen functional groups attached to an aromatic ring is 1. The van der Waals surface area contributed by atoms with E-state index >= 15 is 0 Å². The Labute approximate surface area is 123 Å². The molecule has 1 heterocycles. The Kier molecular flexibility index (Phi) is 4.48. The summed E-state index contributed by atoms with van der Waals surface area (Å²) in [6.07, 6.45) is 0.536. The molecule has 21 heavy (non-hydrogen) atoms. The number of nitrogens with zero attached hydrogens (tertiary/aromatic N) is 2. The second kappa shape index (κ2) is 5.98. The number of para-hydroxylation sites is 1. The van der Waals surface area contributed by atoms with Gasteiger partial charge in [0.15, 0.2) is 0 Å². The molecule has 1 amide bonds. The average molecular weight is 315 g/mol. The van der Waals surface area contributed by atoms with Gasteiger partial charge in [0.25, 0.3) is 0 Å². The zero-order valence-corrected chi connectivity index (χ0v) is 12.6. The van der Waals surface area contributed by atoms with Crippen molar-refractivity contribution in [2.75, 3.05) is 31.9 Å². The first-order valence-electron chi connectivity index (χ1n) is 6.63. The van der Waals surface area contributed by atoms with Gasteiger partial charge < -0.3 is 10.6 Å². The molecule has 2 N–H and O–H groups in total. The lowest BCUT2D eigenvalue weighted by Gasteiger charge is -2.21. The standard InChI is InChI=1S/C13H18FN3O3S/c1-10(18)16-6-3-7-17(9-8-16)21(19,20)12-5-2-4-11(14)13(12)15/h2,4-5H,3,6-9,15H2,1H3. The van der Waals surface area contributed by atoms with Gasteiger partial charge in [-0.3, -0.25) is 4.79 Å². The van der Waals surface area contributed by atoms with Gasteiger partial charge in [-0.1, -0.05) is 6.07 Å². The molecule has 2 rings (SSSR count). The molecule has 1 aromatic rings. The number of nitrogens with two attached hydrogens (primary N) is 1. The van der Waals surface area contributed by atoms with Gasteiger partial charge >= 0.3 is 0 Å². The maximum atomic E-state index is 13.5. The van der Waals surface area contributed by atoms with Crippen LogP contribution in [0.5, 0.6) is 0 Å². The van der Waals surface area contributed by atoms with Gasteiger partial charge in [0.05, 0.1) is 5.69 Å². The second-order valence-corrected chi connectivity index (χ2v) is 6.82. The molecular weight excluding hydrogens is 297 g/mol. The van der Waals surface area contributed by atoms with Gasteiger partial charge in [-0.05, 0) is 18.6 Å². The van der Waals surface area contributed by atoms with Crippen LogP contribution in [0.2, 0.25) is 0 Å².